The maximum absolute atomic E-state index is 12.1. The quantitative estimate of drug-likeness (QED) is 0.0165. The highest BCUT2D eigenvalue weighted by molar-refractivity contribution is 7.94. The maximum Gasteiger partial charge on any atom is 0.296 e. The summed E-state index contributed by atoms with van der Waals surface area (Å²) in [6.07, 6.45) is 0. The molecule has 334 valence electrons. The van der Waals surface area contributed by atoms with Gasteiger partial charge in [0.2, 0.25) is 0 Å². The molecule has 65 heavy (non-hydrogen) atoms. The number of hydrogen-bond donors (Lipinski definition) is 7. The summed E-state index contributed by atoms with van der Waals surface area (Å²) < 4.78 is 110. The van der Waals surface area contributed by atoms with E-state index in [9.17, 15) is 49.1 Å². The molecule has 0 aliphatic rings. The first-order chi connectivity index (χ1) is 30.8. The lowest BCUT2D eigenvalue weighted by Gasteiger charge is -2.12. The summed E-state index contributed by atoms with van der Waals surface area (Å²) in [5.41, 5.74) is 0.159. The summed E-state index contributed by atoms with van der Waals surface area (Å²) in [6.45, 7) is 0. The Balaban J connectivity index is 1.23. The average molecular weight is 964 g/mol. The topological polar surface area (TPSA) is 338 Å². The van der Waals surface area contributed by atoms with E-state index in [0.717, 1.165) is 24.3 Å². The fourth-order valence-corrected chi connectivity index (χ4v) is 8.26. The lowest BCUT2D eigenvalue weighted by atomic mass is 10.1. The average Bonchev–Trinajstić information content (AvgIpc) is 3.26. The molecule has 22 nitrogen and oxygen atoms in total. The van der Waals surface area contributed by atoms with Crippen molar-refractivity contribution < 1.29 is 68.5 Å². The molecule has 0 heterocycles. The van der Waals surface area contributed by atoms with E-state index in [4.69, 9.17) is 9.99 Å². The van der Waals surface area contributed by atoms with Crippen LogP contribution in [-0.4, -0.2) is 61.5 Å². The number of ether oxygens (including phenoxy) is 1. The van der Waals surface area contributed by atoms with Crippen molar-refractivity contribution in [3.05, 3.63) is 115 Å². The molecule has 0 aromatic heterocycles. The first-order valence-electron chi connectivity index (χ1n) is 17.9. The summed E-state index contributed by atoms with van der Waals surface area (Å²) in [5, 5.41) is 63.8. The first-order valence-corrected chi connectivity index (χ1v) is 23.0. The molecular formula is C39H29N7O15S4. The summed E-state index contributed by atoms with van der Waals surface area (Å²) in [4.78, 5) is -1.27. The Morgan fingerprint density at radius 1 is 0.554 bits per heavy atom. The number of benzene rings is 7. The van der Waals surface area contributed by atoms with Crippen molar-refractivity contribution in [1.29, 1.82) is 0 Å². The minimum atomic E-state index is -4.72. The second kappa shape index (κ2) is 18.6. The fraction of sp³-hybridized carbons (Fsp3) is 0.0256. The predicted octanol–water partition coefficient (Wildman–Crippen LogP) is 10.6. The number of anilines is 2. The molecular weight excluding hydrogens is 935 g/mol. The highest BCUT2D eigenvalue weighted by Crippen LogP contribution is 2.47. The van der Waals surface area contributed by atoms with Crippen molar-refractivity contribution in [2.24, 2.45) is 30.7 Å². The Kier molecular flexibility index (Phi) is 13.2. The first kappa shape index (κ1) is 46.0. The Labute approximate surface area is 371 Å². The van der Waals surface area contributed by atoms with Crippen molar-refractivity contribution in [2.45, 2.75) is 19.6 Å². The number of rotatable bonds is 15. The van der Waals surface area contributed by atoms with Crippen LogP contribution >= 0.6 is 12.0 Å². The van der Waals surface area contributed by atoms with Crippen molar-refractivity contribution in [3.63, 3.8) is 0 Å². The molecule has 7 rings (SSSR count). The van der Waals surface area contributed by atoms with Crippen LogP contribution in [-0.2, 0) is 39.7 Å². The second-order valence-corrected chi connectivity index (χ2v) is 18.2. The fourth-order valence-electron chi connectivity index (χ4n) is 6.11. The molecule has 0 fully saturated rings. The summed E-state index contributed by atoms with van der Waals surface area (Å²) in [6, 6.07) is 25.5. The van der Waals surface area contributed by atoms with Crippen LogP contribution in [0, 0.1) is 0 Å². The van der Waals surface area contributed by atoms with E-state index in [0.29, 0.717) is 28.8 Å². The third kappa shape index (κ3) is 10.5. The predicted molar refractivity (Wildman–Crippen MR) is 233 cm³/mol. The van der Waals surface area contributed by atoms with Crippen LogP contribution in [0.15, 0.2) is 166 Å². The van der Waals surface area contributed by atoms with Gasteiger partial charge in [0.1, 0.15) is 39.1 Å². The van der Waals surface area contributed by atoms with E-state index < -0.39 is 51.6 Å². The number of phenols is 2. The van der Waals surface area contributed by atoms with E-state index in [1.807, 2.05) is 0 Å². The van der Waals surface area contributed by atoms with Crippen LogP contribution < -0.4 is 10.1 Å². The summed E-state index contributed by atoms with van der Waals surface area (Å²) >= 11 is 0.461. The molecule has 0 spiro atoms. The van der Waals surface area contributed by atoms with Crippen LogP contribution in [0.4, 0.5) is 45.5 Å². The van der Waals surface area contributed by atoms with Crippen molar-refractivity contribution in [3.8, 4) is 17.2 Å². The van der Waals surface area contributed by atoms with Gasteiger partial charge in [-0.2, -0.15) is 25.3 Å². The van der Waals surface area contributed by atoms with Gasteiger partial charge in [0.05, 0.1) is 45.2 Å². The van der Waals surface area contributed by atoms with Gasteiger partial charge in [-0.25, -0.2) is 5.26 Å². The van der Waals surface area contributed by atoms with E-state index in [1.54, 1.807) is 18.2 Å². The van der Waals surface area contributed by atoms with Gasteiger partial charge in [0.15, 0.2) is 5.75 Å². The largest absolute Gasteiger partial charge is 0.506 e. The number of phenolic OH excluding ortho intramolecular Hbond substituents is 2. The third-order valence-electron chi connectivity index (χ3n) is 9.08. The normalized spacial score (nSPS) is 12.6. The van der Waals surface area contributed by atoms with Gasteiger partial charge in [-0.05, 0) is 78.2 Å². The number of nitrogens with zero attached hydrogens (tertiary/aromatic N) is 6. The second-order valence-electron chi connectivity index (χ2n) is 13.2. The molecule has 0 radical (unpaired) electrons. The van der Waals surface area contributed by atoms with Crippen molar-refractivity contribution in [2.75, 3.05) is 12.4 Å². The standard InChI is InChI=1S/C39H29N7O15S4/c1-59-35-20-32(44-46-38-36(62-61-60-49)15-21-9-10-23(17-27(21)39(38)48)40-22-5-4-6-24(16-22)63(50,51)52)34(47)19-33(35)45-42-30-14-13-29(26-12-11-25(18-28(26)30)64(53,54)55)41-43-31-7-2-3-8-37(31)65(56,57)58/h2-20,40,47-49H,1H3,(H,50,51,52)(H,53,54,55)(H,56,57,58). The maximum atomic E-state index is 12.1. The molecule has 0 atom stereocenters. The van der Waals surface area contributed by atoms with Gasteiger partial charge in [0, 0.05) is 39.7 Å². The zero-order valence-electron chi connectivity index (χ0n) is 32.6. The van der Waals surface area contributed by atoms with Gasteiger partial charge in [-0.1, -0.05) is 35.4 Å². The minimum Gasteiger partial charge on any atom is -0.506 e. The molecule has 7 N–H and O–H groups in total. The smallest absolute Gasteiger partial charge is 0.296 e. The zero-order chi connectivity index (χ0) is 46.7. The Morgan fingerprint density at radius 2 is 1.20 bits per heavy atom. The number of methoxy groups -OCH3 is 1. The highest BCUT2D eigenvalue weighted by atomic mass is 32.2. The molecule has 0 aliphatic heterocycles. The Bertz CT molecular complexity index is 3460. The highest BCUT2D eigenvalue weighted by Gasteiger charge is 2.19. The van der Waals surface area contributed by atoms with Crippen molar-refractivity contribution >= 4 is 109 Å². The molecule has 26 heteroatoms. The van der Waals surface area contributed by atoms with E-state index in [-0.39, 0.29) is 65.8 Å². The molecule has 0 aliphatic carbocycles. The molecule has 0 saturated carbocycles. The van der Waals surface area contributed by atoms with Crippen LogP contribution in [0.5, 0.6) is 17.2 Å². The zero-order valence-corrected chi connectivity index (χ0v) is 35.9. The van der Waals surface area contributed by atoms with Crippen LogP contribution in [0.1, 0.15) is 0 Å². The molecule has 0 unspecified atom stereocenters. The molecule has 7 aromatic rings. The monoisotopic (exact) mass is 963 g/mol. The Morgan fingerprint density at radius 3 is 1.89 bits per heavy atom. The van der Waals surface area contributed by atoms with Crippen LogP contribution in [0.2, 0.25) is 0 Å². The van der Waals surface area contributed by atoms with Crippen molar-refractivity contribution in [1.82, 2.24) is 0 Å². The van der Waals surface area contributed by atoms with Gasteiger partial charge in [0.25, 0.3) is 30.4 Å². The number of fused-ring (bicyclic) bond motifs is 2. The van der Waals surface area contributed by atoms with Crippen LogP contribution in [0.3, 0.4) is 0 Å². The molecule has 7 aromatic carbocycles. The number of aromatic hydroxyl groups is 2. The Hall–Kier alpha value is -6.98. The van der Waals surface area contributed by atoms with E-state index >= 15 is 0 Å². The van der Waals surface area contributed by atoms with E-state index in [1.165, 1.54) is 79.9 Å². The van der Waals surface area contributed by atoms with Gasteiger partial charge in [-0.3, -0.25) is 13.7 Å². The van der Waals surface area contributed by atoms with Crippen LogP contribution in [0.25, 0.3) is 21.5 Å². The summed E-state index contributed by atoms with van der Waals surface area (Å²) in [5.74, 6) is -0.956. The number of azo groups is 3. The SMILES string of the molecule is COc1cc(N=Nc2c(SOOO)cc3ccc(Nc4cccc(S(=O)(=O)O)c4)cc3c2O)c(O)cc1N=Nc1ccc(N=Nc2ccccc2S(=O)(=O)O)c2ccc(S(=O)(=O)O)cc12. The third-order valence-corrected chi connectivity index (χ3v) is 12.3. The number of nitrogens with one attached hydrogen (secondary N) is 1. The molecule has 0 saturated heterocycles. The van der Waals surface area contributed by atoms with E-state index in [2.05, 4.69) is 45.4 Å². The van der Waals surface area contributed by atoms with Gasteiger partial charge >= 0.3 is 0 Å². The number of hydrogen-bond acceptors (Lipinski definition) is 20. The molecule has 0 amide bonds. The molecule has 0 bridgehead atoms. The van der Waals surface area contributed by atoms with Gasteiger partial charge in [-0.15, -0.1) is 35.0 Å². The minimum absolute atomic E-state index is 0.00511. The lowest BCUT2D eigenvalue weighted by molar-refractivity contribution is -0.432. The summed E-state index contributed by atoms with van der Waals surface area (Å²) in [7, 11) is -12.6. The van der Waals surface area contributed by atoms with Gasteiger partial charge < -0.3 is 20.3 Å². The lowest BCUT2D eigenvalue weighted by Crippen LogP contribution is -1.99.